The number of nitrogens with one attached hydrogen (secondary N) is 1. The first-order chi connectivity index (χ1) is 10.0. The Morgan fingerprint density at radius 1 is 1.29 bits per heavy atom. The molecule has 0 aliphatic carbocycles. The molecule has 0 saturated carbocycles. The average Bonchev–Trinajstić information content (AvgIpc) is 2.90. The van der Waals surface area contributed by atoms with E-state index in [1.165, 1.54) is 6.20 Å². The number of aryl methyl sites for hydroxylation is 2. The number of aromatic nitrogens is 1. The molecular formula is C16H21N3O2. The van der Waals surface area contributed by atoms with E-state index in [0.717, 1.165) is 30.0 Å². The van der Waals surface area contributed by atoms with Gasteiger partial charge >= 0.3 is 5.91 Å². The summed E-state index contributed by atoms with van der Waals surface area (Å²) in [6, 6.07) is 6.00. The molecule has 0 aliphatic rings. The maximum absolute atomic E-state index is 12.0. The minimum Gasteiger partial charge on any atom is -0.438 e. The molecular weight excluding hydrogens is 266 g/mol. The standard InChI is InChI=1S/C16H21N3O2/c1-5-19(6-2)13-7-8-14(11(3)9-13)18-15(20)16-17-10-12(4)21-16/h7-10H,5-6H2,1-4H3,(H,18,20). The van der Waals surface area contributed by atoms with Gasteiger partial charge in [0.25, 0.3) is 5.89 Å². The molecule has 1 aromatic carbocycles. The Balaban J connectivity index is 2.16. The Kier molecular flexibility index (Phi) is 4.62. The summed E-state index contributed by atoms with van der Waals surface area (Å²) in [6.07, 6.45) is 1.53. The second-order valence-electron chi connectivity index (χ2n) is 4.90. The number of carbonyl (C=O) groups excluding carboxylic acids is 1. The lowest BCUT2D eigenvalue weighted by atomic mass is 10.1. The van der Waals surface area contributed by atoms with Gasteiger partial charge < -0.3 is 14.6 Å². The van der Waals surface area contributed by atoms with Gasteiger partial charge in [-0.2, -0.15) is 0 Å². The van der Waals surface area contributed by atoms with Gasteiger partial charge in [0, 0.05) is 24.5 Å². The Labute approximate surface area is 125 Å². The lowest BCUT2D eigenvalue weighted by Gasteiger charge is -2.22. The van der Waals surface area contributed by atoms with Crippen LogP contribution in [0, 0.1) is 13.8 Å². The van der Waals surface area contributed by atoms with Gasteiger partial charge in [-0.25, -0.2) is 4.98 Å². The van der Waals surface area contributed by atoms with Crippen LogP contribution < -0.4 is 10.2 Å². The van der Waals surface area contributed by atoms with Crippen molar-refractivity contribution in [3.8, 4) is 0 Å². The zero-order chi connectivity index (χ0) is 15.4. The van der Waals surface area contributed by atoms with Gasteiger partial charge in [0.2, 0.25) is 0 Å². The second-order valence-corrected chi connectivity index (χ2v) is 4.90. The van der Waals surface area contributed by atoms with Crippen molar-refractivity contribution in [2.24, 2.45) is 0 Å². The second kappa shape index (κ2) is 6.43. The minimum atomic E-state index is -0.332. The number of benzene rings is 1. The molecule has 0 aliphatic heterocycles. The lowest BCUT2D eigenvalue weighted by Crippen LogP contribution is -2.22. The van der Waals surface area contributed by atoms with E-state index in [-0.39, 0.29) is 11.8 Å². The molecule has 2 aromatic rings. The largest absolute Gasteiger partial charge is 0.438 e. The molecule has 0 unspecified atom stereocenters. The van der Waals surface area contributed by atoms with Crippen molar-refractivity contribution in [3.05, 3.63) is 41.6 Å². The molecule has 0 fully saturated rings. The van der Waals surface area contributed by atoms with Crippen molar-refractivity contribution in [2.75, 3.05) is 23.3 Å². The topological polar surface area (TPSA) is 58.4 Å². The Morgan fingerprint density at radius 3 is 2.52 bits per heavy atom. The van der Waals surface area contributed by atoms with Crippen LogP contribution in [0.1, 0.15) is 35.9 Å². The van der Waals surface area contributed by atoms with Crippen molar-refractivity contribution in [3.63, 3.8) is 0 Å². The summed E-state index contributed by atoms with van der Waals surface area (Å²) >= 11 is 0. The SMILES string of the molecule is CCN(CC)c1ccc(NC(=O)c2ncc(C)o2)c(C)c1. The first-order valence-electron chi connectivity index (χ1n) is 7.14. The van der Waals surface area contributed by atoms with Crippen molar-refractivity contribution in [2.45, 2.75) is 27.7 Å². The highest BCUT2D eigenvalue weighted by molar-refractivity contribution is 6.01. The van der Waals surface area contributed by atoms with E-state index in [0.29, 0.717) is 5.76 Å². The van der Waals surface area contributed by atoms with Crippen molar-refractivity contribution in [1.29, 1.82) is 0 Å². The van der Waals surface area contributed by atoms with Crippen LogP contribution in [0.2, 0.25) is 0 Å². The highest BCUT2D eigenvalue weighted by atomic mass is 16.4. The van der Waals surface area contributed by atoms with E-state index in [9.17, 15) is 4.79 Å². The molecule has 0 radical (unpaired) electrons. The van der Waals surface area contributed by atoms with Crippen LogP contribution in [0.25, 0.3) is 0 Å². The summed E-state index contributed by atoms with van der Waals surface area (Å²) in [5.41, 5.74) is 2.94. The summed E-state index contributed by atoms with van der Waals surface area (Å²) in [5, 5.41) is 2.83. The van der Waals surface area contributed by atoms with Gasteiger partial charge in [-0.3, -0.25) is 4.79 Å². The van der Waals surface area contributed by atoms with Crippen LogP contribution in [0.3, 0.4) is 0 Å². The molecule has 5 heteroatoms. The predicted molar refractivity (Wildman–Crippen MR) is 83.9 cm³/mol. The molecule has 112 valence electrons. The molecule has 0 bridgehead atoms. The van der Waals surface area contributed by atoms with Crippen LogP contribution >= 0.6 is 0 Å². The van der Waals surface area contributed by atoms with Crippen LogP contribution in [-0.4, -0.2) is 24.0 Å². The lowest BCUT2D eigenvalue weighted by molar-refractivity contribution is 0.0989. The fourth-order valence-electron chi connectivity index (χ4n) is 2.21. The Morgan fingerprint density at radius 2 is 2.00 bits per heavy atom. The smallest absolute Gasteiger partial charge is 0.311 e. The highest BCUT2D eigenvalue weighted by Crippen LogP contribution is 2.23. The van der Waals surface area contributed by atoms with E-state index in [1.807, 2.05) is 19.1 Å². The molecule has 0 spiro atoms. The molecule has 1 amide bonds. The summed E-state index contributed by atoms with van der Waals surface area (Å²) in [4.78, 5) is 18.2. The van der Waals surface area contributed by atoms with E-state index >= 15 is 0 Å². The first kappa shape index (κ1) is 15.1. The number of carbonyl (C=O) groups is 1. The zero-order valence-corrected chi connectivity index (χ0v) is 12.9. The van der Waals surface area contributed by atoms with Crippen LogP contribution in [0.4, 0.5) is 11.4 Å². The Bertz CT molecular complexity index is 630. The van der Waals surface area contributed by atoms with Crippen LogP contribution in [-0.2, 0) is 0 Å². The molecule has 21 heavy (non-hydrogen) atoms. The Hall–Kier alpha value is -2.30. The van der Waals surface area contributed by atoms with Gasteiger partial charge in [0.15, 0.2) is 0 Å². The van der Waals surface area contributed by atoms with Crippen molar-refractivity contribution in [1.82, 2.24) is 4.98 Å². The van der Waals surface area contributed by atoms with Gasteiger partial charge in [0.1, 0.15) is 5.76 Å². The van der Waals surface area contributed by atoms with E-state index in [4.69, 9.17) is 4.42 Å². The number of oxazole rings is 1. The maximum atomic E-state index is 12.0. The minimum absolute atomic E-state index is 0.0831. The zero-order valence-electron chi connectivity index (χ0n) is 12.9. The van der Waals surface area contributed by atoms with Gasteiger partial charge in [-0.05, 0) is 51.5 Å². The number of nitrogens with zero attached hydrogens (tertiary/aromatic N) is 2. The molecule has 2 rings (SSSR count). The van der Waals surface area contributed by atoms with Crippen molar-refractivity contribution < 1.29 is 9.21 Å². The third-order valence-electron chi connectivity index (χ3n) is 3.40. The van der Waals surface area contributed by atoms with E-state index in [1.54, 1.807) is 6.92 Å². The average molecular weight is 287 g/mol. The molecule has 5 nitrogen and oxygen atoms in total. The third-order valence-corrected chi connectivity index (χ3v) is 3.40. The first-order valence-corrected chi connectivity index (χ1v) is 7.14. The summed E-state index contributed by atoms with van der Waals surface area (Å²) in [5.74, 6) is 0.371. The molecule has 1 heterocycles. The normalized spacial score (nSPS) is 10.5. The summed E-state index contributed by atoms with van der Waals surface area (Å²) < 4.78 is 5.22. The number of hydrogen-bond donors (Lipinski definition) is 1. The highest BCUT2D eigenvalue weighted by Gasteiger charge is 2.13. The van der Waals surface area contributed by atoms with Gasteiger partial charge in [-0.1, -0.05) is 0 Å². The monoisotopic (exact) mass is 287 g/mol. The predicted octanol–water partition coefficient (Wildman–Crippen LogP) is 3.39. The molecule has 1 aromatic heterocycles. The maximum Gasteiger partial charge on any atom is 0.311 e. The molecule has 0 atom stereocenters. The number of rotatable bonds is 5. The third kappa shape index (κ3) is 3.42. The van der Waals surface area contributed by atoms with Gasteiger partial charge in [0.05, 0.1) is 6.20 Å². The van der Waals surface area contributed by atoms with Crippen LogP contribution in [0.5, 0.6) is 0 Å². The number of amides is 1. The molecule has 1 N–H and O–H groups in total. The van der Waals surface area contributed by atoms with Crippen LogP contribution in [0.15, 0.2) is 28.8 Å². The van der Waals surface area contributed by atoms with Gasteiger partial charge in [-0.15, -0.1) is 0 Å². The quantitative estimate of drug-likeness (QED) is 0.915. The van der Waals surface area contributed by atoms with E-state index < -0.39 is 0 Å². The summed E-state index contributed by atoms with van der Waals surface area (Å²) in [6.45, 7) is 9.89. The number of hydrogen-bond acceptors (Lipinski definition) is 4. The van der Waals surface area contributed by atoms with Crippen molar-refractivity contribution >= 4 is 17.3 Å². The fraction of sp³-hybridized carbons (Fsp3) is 0.375. The fourth-order valence-corrected chi connectivity index (χ4v) is 2.21. The number of anilines is 2. The molecule has 0 saturated heterocycles. The summed E-state index contributed by atoms with van der Waals surface area (Å²) in [7, 11) is 0. The van der Waals surface area contributed by atoms with E-state index in [2.05, 4.69) is 35.1 Å².